The van der Waals surface area contributed by atoms with Crippen LogP contribution in [0.15, 0.2) is 40.5 Å². The van der Waals surface area contributed by atoms with Gasteiger partial charge in [-0.3, -0.25) is 33.6 Å². The highest BCUT2D eigenvalue weighted by molar-refractivity contribution is 7.90. The first-order valence-corrected chi connectivity index (χ1v) is 34.5. The maximum Gasteiger partial charge on any atom is 0.343 e. The van der Waals surface area contributed by atoms with E-state index >= 15 is 0 Å². The number of benzene rings is 1. The fourth-order valence-corrected chi connectivity index (χ4v) is 10.8. The maximum absolute atomic E-state index is 13.9. The Morgan fingerprint density at radius 3 is 1.86 bits per heavy atom. The van der Waals surface area contributed by atoms with Gasteiger partial charge in [-0.2, -0.15) is 0 Å². The van der Waals surface area contributed by atoms with Gasteiger partial charge < -0.3 is 103 Å². The number of rotatable bonds is 47. The smallest absolute Gasteiger partial charge is 0.343 e. The molecule has 3 aliphatic heterocycles. The number of esters is 1. The Hall–Kier alpha value is -7.94. The van der Waals surface area contributed by atoms with E-state index in [1.807, 2.05) is 19.0 Å². The number of nitrogens with zero attached hydrogens (tertiary/aromatic N) is 5. The molecule has 34 nitrogen and oxygen atoms in total. The molecule has 6 heterocycles. The molecule has 0 radical (unpaired) electrons. The topological polar surface area (TPSA) is 421 Å². The van der Waals surface area contributed by atoms with E-state index in [4.69, 9.17) is 61.8 Å². The SMILES string of the molecule is CC[C@@]1(O)C(=O)OCc2c1cc1n(c2=O)Cc2c-1nc1cc3c(cc1c2CNC(=O)COCNC(=O)CNC(=O)[C@H](CCCCN(C)C)NC(=O)[C@@H](NC(=O)COCCOCCOCCOCCOCCOCCOCCOCCNC(=O)c1cnc(S(C)(=O)=O)nc1)C(C)C)OCO3. The molecule has 0 fully saturated rings. The summed E-state index contributed by atoms with van der Waals surface area (Å²) in [6.07, 6.45) is 4.75. The number of amides is 6. The van der Waals surface area contributed by atoms with Crippen LogP contribution in [-0.4, -0.2) is 257 Å². The number of cyclic esters (lactones) is 1. The van der Waals surface area contributed by atoms with Crippen molar-refractivity contribution in [2.24, 2.45) is 5.92 Å². The van der Waals surface area contributed by atoms with Gasteiger partial charge in [0.15, 0.2) is 17.1 Å². The van der Waals surface area contributed by atoms with Crippen molar-refractivity contribution >= 4 is 62.2 Å². The van der Waals surface area contributed by atoms with Gasteiger partial charge in [0.1, 0.15) is 38.6 Å². The molecule has 0 unspecified atom stereocenters. The predicted molar refractivity (Wildman–Crippen MR) is 350 cm³/mol. The van der Waals surface area contributed by atoms with Crippen LogP contribution in [0.4, 0.5) is 0 Å². The Morgan fingerprint density at radius 1 is 0.687 bits per heavy atom. The zero-order chi connectivity index (χ0) is 71.3. The molecule has 0 saturated heterocycles. The Bertz CT molecular complexity index is 3560. The minimum absolute atomic E-state index is 0.00350. The number of unbranched alkanes of at least 4 members (excludes halogenated alkanes) is 1. The molecule has 3 aromatic heterocycles. The summed E-state index contributed by atoms with van der Waals surface area (Å²) in [5.41, 5.74) is 0.481. The van der Waals surface area contributed by atoms with Crippen molar-refractivity contribution in [1.29, 1.82) is 0 Å². The summed E-state index contributed by atoms with van der Waals surface area (Å²) in [5.74, 6) is -3.74. The lowest BCUT2D eigenvalue weighted by molar-refractivity contribution is -0.172. The number of hydrogen-bond acceptors (Lipinski definition) is 27. The summed E-state index contributed by atoms with van der Waals surface area (Å²) < 4.78 is 90.3. The summed E-state index contributed by atoms with van der Waals surface area (Å²) in [6, 6.07) is 2.96. The molecule has 546 valence electrons. The lowest BCUT2D eigenvalue weighted by atomic mass is 9.86. The van der Waals surface area contributed by atoms with Crippen LogP contribution in [-0.2, 0) is 111 Å². The number of pyridine rings is 2. The number of aliphatic hydroxyl groups is 1. The van der Waals surface area contributed by atoms with Crippen molar-refractivity contribution in [2.45, 2.75) is 89.0 Å². The van der Waals surface area contributed by atoms with Crippen LogP contribution in [0.25, 0.3) is 22.3 Å². The third-order valence-electron chi connectivity index (χ3n) is 15.6. The van der Waals surface area contributed by atoms with E-state index in [1.54, 1.807) is 39.0 Å². The summed E-state index contributed by atoms with van der Waals surface area (Å²) in [4.78, 5) is 120. The van der Waals surface area contributed by atoms with Gasteiger partial charge in [-0.05, 0) is 69.9 Å². The van der Waals surface area contributed by atoms with Crippen LogP contribution in [0, 0.1) is 5.92 Å². The zero-order valence-corrected chi connectivity index (χ0v) is 57.5. The third kappa shape index (κ3) is 23.9. The molecule has 3 atom stereocenters. The van der Waals surface area contributed by atoms with Crippen molar-refractivity contribution in [3.05, 3.63) is 68.8 Å². The van der Waals surface area contributed by atoms with E-state index < -0.39 is 94.4 Å². The standard InChI is InChI=1S/C64H91N11O23S/c1-7-64(84)47-29-50-57-45(35-75(50)61(82)46(47)36-96-62(64)83)44(43-28-51-52(98-40-97-51)30-49(43)71-57)33-66-54(77)37-95-39-70-53(76)34-67-59(80)48(10-8-9-12-74(4)5)72-60(81)56(41(2)3)73-55(78)38-94-27-26-93-25-24-92-23-22-91-21-20-90-19-18-89-17-16-88-15-14-87-13-11-65-58(79)42-31-68-63(69-32-42)99(6,85)86/h28-32,41,48,56,84H,7-27,33-40H2,1-6H3,(H,65,79)(H,66,77)(H,67,80)(H,70,76)(H,72,81)(H,73,78)/t48-,56-,64-/m0/s1. The molecule has 3 aliphatic rings. The molecule has 99 heavy (non-hydrogen) atoms. The van der Waals surface area contributed by atoms with Gasteiger partial charge in [-0.15, -0.1) is 0 Å². The lowest BCUT2D eigenvalue weighted by Crippen LogP contribution is -2.56. The van der Waals surface area contributed by atoms with E-state index in [-0.39, 0.29) is 107 Å². The number of ether oxygens (including phenoxy) is 12. The van der Waals surface area contributed by atoms with Crippen LogP contribution in [0.2, 0.25) is 0 Å². The molecule has 4 aromatic rings. The van der Waals surface area contributed by atoms with E-state index in [9.17, 15) is 51.9 Å². The molecule has 0 saturated carbocycles. The number of carbonyl (C=O) groups excluding carboxylic acids is 7. The van der Waals surface area contributed by atoms with Gasteiger partial charge in [-0.1, -0.05) is 20.8 Å². The van der Waals surface area contributed by atoms with Crippen molar-refractivity contribution in [3.8, 4) is 22.9 Å². The third-order valence-corrected chi connectivity index (χ3v) is 16.5. The average molecular weight is 1410 g/mol. The Labute approximate surface area is 572 Å². The second kappa shape index (κ2) is 39.7. The van der Waals surface area contributed by atoms with Gasteiger partial charge in [0.25, 0.3) is 11.5 Å². The van der Waals surface area contributed by atoms with Gasteiger partial charge in [0.05, 0.1) is 140 Å². The van der Waals surface area contributed by atoms with Crippen LogP contribution < -0.4 is 46.9 Å². The van der Waals surface area contributed by atoms with E-state index in [2.05, 4.69) is 41.9 Å². The highest BCUT2D eigenvalue weighted by Gasteiger charge is 2.46. The highest BCUT2D eigenvalue weighted by atomic mass is 32.2. The summed E-state index contributed by atoms with van der Waals surface area (Å²) >= 11 is 0. The van der Waals surface area contributed by atoms with Crippen LogP contribution >= 0.6 is 0 Å². The summed E-state index contributed by atoms with van der Waals surface area (Å²) in [6.45, 7) is 8.81. The Kier molecular flexibility index (Phi) is 31.5. The van der Waals surface area contributed by atoms with Gasteiger partial charge in [-0.25, -0.2) is 28.2 Å². The monoisotopic (exact) mass is 1410 g/mol. The van der Waals surface area contributed by atoms with Gasteiger partial charge in [0.2, 0.25) is 51.3 Å². The van der Waals surface area contributed by atoms with E-state index in [1.165, 1.54) is 4.57 Å². The quantitative estimate of drug-likeness (QED) is 0.0103. The number of carbonyl (C=O) groups is 7. The van der Waals surface area contributed by atoms with Crippen LogP contribution in [0.1, 0.15) is 79.1 Å². The largest absolute Gasteiger partial charge is 0.458 e. The number of aromatic nitrogens is 4. The molecule has 35 heteroatoms. The van der Waals surface area contributed by atoms with Crippen molar-refractivity contribution in [2.75, 3.05) is 166 Å². The fraction of sp³-hybridized carbons (Fsp3) is 0.609. The normalized spacial score (nSPS) is 15.1. The van der Waals surface area contributed by atoms with Crippen molar-refractivity contribution in [1.82, 2.24) is 56.3 Å². The molecule has 1 aromatic carbocycles. The average Bonchev–Trinajstić information content (AvgIpc) is 1.61. The molecule has 0 spiro atoms. The fourth-order valence-electron chi connectivity index (χ4n) is 10.3. The first kappa shape index (κ1) is 78.4. The lowest BCUT2D eigenvalue weighted by Gasteiger charge is -2.31. The number of nitrogens with one attached hydrogen (secondary N) is 6. The van der Waals surface area contributed by atoms with E-state index in [0.717, 1.165) is 25.2 Å². The number of sulfone groups is 1. The molecular weight excluding hydrogens is 1320 g/mol. The first-order chi connectivity index (χ1) is 47.6. The van der Waals surface area contributed by atoms with Crippen LogP contribution in [0.3, 0.4) is 0 Å². The minimum Gasteiger partial charge on any atom is -0.458 e. The molecule has 7 rings (SSSR count). The number of fused-ring (bicyclic) bond motifs is 6. The highest BCUT2D eigenvalue weighted by Crippen LogP contribution is 2.43. The van der Waals surface area contributed by atoms with Gasteiger partial charge in [0, 0.05) is 54.3 Å². The second-order valence-electron chi connectivity index (χ2n) is 23.6. The minimum atomic E-state index is -3.56. The summed E-state index contributed by atoms with van der Waals surface area (Å²) in [5, 5.41) is 27.6. The second-order valence-corrected chi connectivity index (χ2v) is 25.5. The maximum atomic E-state index is 13.9. The van der Waals surface area contributed by atoms with Crippen molar-refractivity contribution in [3.63, 3.8) is 0 Å². The molecular formula is C64H91N11O23S. The predicted octanol–water partition coefficient (Wildman–Crippen LogP) is -1.26. The molecule has 0 aliphatic carbocycles. The Balaban J connectivity index is 0.707. The van der Waals surface area contributed by atoms with Crippen molar-refractivity contribution < 1.29 is 104 Å². The molecule has 6 amide bonds. The molecule has 0 bridgehead atoms. The Morgan fingerprint density at radius 2 is 1.27 bits per heavy atom. The van der Waals surface area contributed by atoms with E-state index in [0.29, 0.717) is 130 Å². The molecule has 7 N–H and O–H groups in total. The first-order valence-electron chi connectivity index (χ1n) is 32.6. The van der Waals surface area contributed by atoms with Gasteiger partial charge >= 0.3 is 5.97 Å². The number of hydrogen-bond donors (Lipinski definition) is 7. The zero-order valence-electron chi connectivity index (χ0n) is 56.7. The summed E-state index contributed by atoms with van der Waals surface area (Å²) in [7, 11) is 0.274. The van der Waals surface area contributed by atoms with Crippen LogP contribution in [0.5, 0.6) is 11.5 Å².